The molecule has 4 nitrogen and oxygen atoms in total. The van der Waals surface area contributed by atoms with Crippen LogP contribution >= 0.6 is 0 Å². The predicted octanol–water partition coefficient (Wildman–Crippen LogP) is 2.82. The Kier molecular flexibility index (Phi) is 4.36. The lowest BCUT2D eigenvalue weighted by Crippen LogP contribution is -2.29. The van der Waals surface area contributed by atoms with E-state index < -0.39 is 23.3 Å². The molecule has 0 aliphatic heterocycles. The lowest BCUT2D eigenvalue weighted by molar-refractivity contribution is 0.0529. The van der Waals surface area contributed by atoms with Gasteiger partial charge in [0.25, 0.3) is 0 Å². The largest absolute Gasteiger partial charge is 0.443 e. The molecule has 6 heteroatoms. The Hall–Kier alpha value is -1.98. The summed E-state index contributed by atoms with van der Waals surface area (Å²) in [5, 5.41) is 3.56. The highest BCUT2D eigenvalue weighted by Crippen LogP contribution is 2.07. The molecule has 0 radical (unpaired) electrons. The molecule has 0 saturated heterocycles. The first kappa shape index (κ1) is 14.1. The number of benzene rings is 1. The zero-order valence-corrected chi connectivity index (χ0v) is 10.3. The van der Waals surface area contributed by atoms with Crippen LogP contribution in [0.3, 0.4) is 0 Å². The summed E-state index contributed by atoms with van der Waals surface area (Å²) in [6.45, 7) is 5.14. The summed E-state index contributed by atoms with van der Waals surface area (Å²) in [4.78, 5) is 11.2. The number of nitrogens with one attached hydrogen (secondary N) is 1. The summed E-state index contributed by atoms with van der Waals surface area (Å²) in [5.41, 5.74) is 1.81. The normalized spacial score (nSPS) is 11.6. The minimum Gasteiger partial charge on any atom is -0.443 e. The lowest BCUT2D eigenvalue weighted by atomic mass is 10.2. The molecule has 0 aromatic heterocycles. The van der Waals surface area contributed by atoms with E-state index >= 15 is 0 Å². The summed E-state index contributed by atoms with van der Waals surface area (Å²) in [7, 11) is 0. The van der Waals surface area contributed by atoms with Crippen molar-refractivity contribution in [3.63, 3.8) is 0 Å². The first-order valence-corrected chi connectivity index (χ1v) is 5.25. The van der Waals surface area contributed by atoms with Crippen molar-refractivity contribution in [3.05, 3.63) is 35.4 Å². The third kappa shape index (κ3) is 4.90. The van der Waals surface area contributed by atoms with Crippen LogP contribution in [0.4, 0.5) is 13.6 Å². The Morgan fingerprint density at radius 3 is 2.56 bits per heavy atom. The summed E-state index contributed by atoms with van der Waals surface area (Å²) in [5.74, 6) is -1.91. The van der Waals surface area contributed by atoms with Crippen molar-refractivity contribution < 1.29 is 18.3 Å². The van der Waals surface area contributed by atoms with E-state index in [4.69, 9.17) is 4.74 Å². The Bertz CT molecular complexity index is 468. The van der Waals surface area contributed by atoms with Gasteiger partial charge in [0.05, 0.1) is 6.21 Å². The molecule has 0 heterocycles. The number of amides is 1. The molecule has 1 rings (SSSR count). The van der Waals surface area contributed by atoms with Gasteiger partial charge < -0.3 is 4.74 Å². The summed E-state index contributed by atoms with van der Waals surface area (Å²) in [6, 6.07) is 3.28. The molecule has 1 amide bonds. The molecular formula is C12H14F2N2O2. The third-order valence-corrected chi connectivity index (χ3v) is 1.71. The van der Waals surface area contributed by atoms with Crippen LogP contribution < -0.4 is 5.43 Å². The summed E-state index contributed by atoms with van der Waals surface area (Å²) < 4.78 is 30.4. The average Bonchev–Trinajstić information content (AvgIpc) is 2.20. The highest BCUT2D eigenvalue weighted by Gasteiger charge is 2.15. The van der Waals surface area contributed by atoms with Gasteiger partial charge in [-0.15, -0.1) is 0 Å². The quantitative estimate of drug-likeness (QED) is 0.653. The molecule has 1 N–H and O–H groups in total. The van der Waals surface area contributed by atoms with Crippen LogP contribution in [0.5, 0.6) is 0 Å². The van der Waals surface area contributed by atoms with Gasteiger partial charge in [0.2, 0.25) is 0 Å². The van der Waals surface area contributed by atoms with Gasteiger partial charge in [-0.25, -0.2) is 19.0 Å². The van der Waals surface area contributed by atoms with Crippen LogP contribution in [0, 0.1) is 11.6 Å². The second-order valence-electron chi connectivity index (χ2n) is 4.55. The van der Waals surface area contributed by atoms with Crippen LogP contribution in [0.2, 0.25) is 0 Å². The SMILES string of the molecule is CC(C)(C)OC(=O)N/N=C\c1ccc(F)c(F)c1. The van der Waals surface area contributed by atoms with E-state index in [0.29, 0.717) is 5.56 Å². The Morgan fingerprint density at radius 1 is 1.33 bits per heavy atom. The van der Waals surface area contributed by atoms with E-state index in [1.807, 2.05) is 0 Å². The van der Waals surface area contributed by atoms with Crippen LogP contribution in [0.1, 0.15) is 26.3 Å². The zero-order valence-electron chi connectivity index (χ0n) is 10.3. The van der Waals surface area contributed by atoms with E-state index in [-0.39, 0.29) is 0 Å². The molecule has 0 atom stereocenters. The maximum atomic E-state index is 12.8. The molecule has 0 aliphatic carbocycles. The Morgan fingerprint density at radius 2 is 2.00 bits per heavy atom. The summed E-state index contributed by atoms with van der Waals surface area (Å²) >= 11 is 0. The number of rotatable bonds is 2. The monoisotopic (exact) mass is 256 g/mol. The van der Waals surface area contributed by atoms with Crippen molar-refractivity contribution >= 4 is 12.3 Å². The fraction of sp³-hybridized carbons (Fsp3) is 0.333. The molecule has 1 aromatic rings. The highest BCUT2D eigenvalue weighted by molar-refractivity contribution is 5.80. The van der Waals surface area contributed by atoms with Crippen molar-refractivity contribution in [1.82, 2.24) is 5.43 Å². The first-order chi connectivity index (χ1) is 8.28. The maximum Gasteiger partial charge on any atom is 0.428 e. The van der Waals surface area contributed by atoms with Crippen molar-refractivity contribution in [2.75, 3.05) is 0 Å². The van der Waals surface area contributed by atoms with Crippen molar-refractivity contribution in [2.24, 2.45) is 5.10 Å². The molecule has 18 heavy (non-hydrogen) atoms. The molecule has 1 aromatic carbocycles. The van der Waals surface area contributed by atoms with Gasteiger partial charge in [-0.1, -0.05) is 6.07 Å². The number of hydrazone groups is 1. The minimum atomic E-state index is -0.976. The van der Waals surface area contributed by atoms with Gasteiger partial charge in [0.1, 0.15) is 5.60 Å². The second-order valence-corrected chi connectivity index (χ2v) is 4.55. The molecule has 0 aliphatic rings. The fourth-order valence-corrected chi connectivity index (χ4v) is 1.05. The van der Waals surface area contributed by atoms with Gasteiger partial charge in [-0.2, -0.15) is 5.10 Å². The second kappa shape index (κ2) is 5.57. The molecule has 0 spiro atoms. The molecule has 0 saturated carbocycles. The average molecular weight is 256 g/mol. The molecule has 0 unspecified atom stereocenters. The standard InChI is InChI=1S/C12H14F2N2O2/c1-12(2,3)18-11(17)16-15-7-8-4-5-9(13)10(14)6-8/h4-7H,1-3H3,(H,16,17)/b15-7-. The van der Waals surface area contributed by atoms with Crippen LogP contribution in [0.15, 0.2) is 23.3 Å². The van der Waals surface area contributed by atoms with Gasteiger partial charge in [-0.3, -0.25) is 0 Å². The third-order valence-electron chi connectivity index (χ3n) is 1.71. The zero-order chi connectivity index (χ0) is 13.8. The molecule has 0 fully saturated rings. The first-order valence-electron chi connectivity index (χ1n) is 5.25. The van der Waals surface area contributed by atoms with E-state index in [2.05, 4.69) is 10.5 Å². The number of nitrogens with zero attached hydrogens (tertiary/aromatic N) is 1. The Labute approximate surface area is 104 Å². The number of hydrogen-bond acceptors (Lipinski definition) is 3. The topological polar surface area (TPSA) is 50.7 Å². The number of ether oxygens (including phenoxy) is 1. The number of hydrogen-bond donors (Lipinski definition) is 1. The van der Waals surface area contributed by atoms with E-state index in [9.17, 15) is 13.6 Å². The highest BCUT2D eigenvalue weighted by atomic mass is 19.2. The molecular weight excluding hydrogens is 242 g/mol. The van der Waals surface area contributed by atoms with Gasteiger partial charge in [0.15, 0.2) is 11.6 Å². The van der Waals surface area contributed by atoms with Gasteiger partial charge >= 0.3 is 6.09 Å². The minimum absolute atomic E-state index is 0.324. The van der Waals surface area contributed by atoms with Crippen LogP contribution in [0.25, 0.3) is 0 Å². The van der Waals surface area contributed by atoms with E-state index in [1.54, 1.807) is 20.8 Å². The van der Waals surface area contributed by atoms with E-state index in [1.165, 1.54) is 12.3 Å². The molecule has 98 valence electrons. The van der Waals surface area contributed by atoms with Crippen LogP contribution in [-0.2, 0) is 4.74 Å². The smallest absolute Gasteiger partial charge is 0.428 e. The summed E-state index contributed by atoms with van der Waals surface area (Å²) in [6.07, 6.45) is 0.466. The number of halogens is 2. The lowest BCUT2D eigenvalue weighted by Gasteiger charge is -2.18. The van der Waals surface area contributed by atoms with Gasteiger partial charge in [-0.05, 0) is 38.5 Å². The van der Waals surface area contributed by atoms with Crippen molar-refractivity contribution in [1.29, 1.82) is 0 Å². The fourth-order valence-electron chi connectivity index (χ4n) is 1.05. The van der Waals surface area contributed by atoms with Crippen LogP contribution in [-0.4, -0.2) is 17.9 Å². The van der Waals surface area contributed by atoms with Crippen molar-refractivity contribution in [2.45, 2.75) is 26.4 Å². The number of carbonyl (C=O) groups excluding carboxylic acids is 1. The van der Waals surface area contributed by atoms with E-state index in [0.717, 1.165) is 12.1 Å². The predicted molar refractivity (Wildman–Crippen MR) is 63.3 cm³/mol. The number of carbonyl (C=O) groups is 1. The molecule has 0 bridgehead atoms. The van der Waals surface area contributed by atoms with Crippen molar-refractivity contribution in [3.8, 4) is 0 Å². The maximum absolute atomic E-state index is 12.8. The van der Waals surface area contributed by atoms with Gasteiger partial charge in [0, 0.05) is 0 Å². The Balaban J connectivity index is 2.55.